The highest BCUT2D eigenvalue weighted by Crippen LogP contribution is 2.29. The van der Waals surface area contributed by atoms with Crippen LogP contribution in [-0.2, 0) is 9.84 Å². The van der Waals surface area contributed by atoms with Gasteiger partial charge >= 0.3 is 0 Å². The minimum Gasteiger partial charge on any atom is -0.329 e. The van der Waals surface area contributed by atoms with E-state index in [9.17, 15) is 17.2 Å². The zero-order chi connectivity index (χ0) is 14.9. The van der Waals surface area contributed by atoms with Crippen LogP contribution in [0.3, 0.4) is 0 Å². The van der Waals surface area contributed by atoms with Crippen molar-refractivity contribution in [2.75, 3.05) is 25.1 Å². The van der Waals surface area contributed by atoms with E-state index in [1.54, 1.807) is 11.9 Å². The van der Waals surface area contributed by atoms with Crippen LogP contribution < -0.4 is 5.73 Å². The van der Waals surface area contributed by atoms with Crippen molar-refractivity contribution in [1.29, 1.82) is 0 Å². The van der Waals surface area contributed by atoms with Crippen LogP contribution in [-0.4, -0.2) is 44.5 Å². The summed E-state index contributed by atoms with van der Waals surface area (Å²) in [6, 6.07) is 2.73. The van der Waals surface area contributed by atoms with E-state index in [-0.39, 0.29) is 29.7 Å². The van der Waals surface area contributed by atoms with E-state index in [1.807, 2.05) is 0 Å². The highest BCUT2D eigenvalue weighted by molar-refractivity contribution is 7.91. The minimum absolute atomic E-state index is 0.00999. The van der Waals surface area contributed by atoms with Crippen LogP contribution in [0.2, 0.25) is 0 Å². The molecule has 2 rings (SSSR count). The van der Waals surface area contributed by atoms with E-state index in [0.29, 0.717) is 6.42 Å². The van der Waals surface area contributed by atoms with Crippen molar-refractivity contribution in [3.63, 3.8) is 0 Å². The van der Waals surface area contributed by atoms with Crippen LogP contribution in [0.1, 0.15) is 18.0 Å². The second kappa shape index (κ2) is 5.75. The maximum atomic E-state index is 13.8. The molecule has 1 heterocycles. The van der Waals surface area contributed by atoms with Gasteiger partial charge in [0.1, 0.15) is 11.6 Å². The zero-order valence-corrected chi connectivity index (χ0v) is 12.0. The summed E-state index contributed by atoms with van der Waals surface area (Å²) in [6.07, 6.45) is 0.464. The van der Waals surface area contributed by atoms with Crippen molar-refractivity contribution in [1.82, 2.24) is 4.90 Å². The molecule has 7 heteroatoms. The maximum absolute atomic E-state index is 13.8. The average molecular weight is 304 g/mol. The summed E-state index contributed by atoms with van der Waals surface area (Å²) in [7, 11) is -1.39. The molecular weight excluding hydrogens is 286 g/mol. The number of benzene rings is 1. The van der Waals surface area contributed by atoms with E-state index < -0.39 is 27.5 Å². The largest absolute Gasteiger partial charge is 0.329 e. The topological polar surface area (TPSA) is 63.4 Å². The Morgan fingerprint density at radius 2 is 2.00 bits per heavy atom. The molecule has 1 aromatic rings. The molecule has 4 nitrogen and oxygen atoms in total. The Labute approximate surface area is 117 Å². The Kier molecular flexibility index (Phi) is 4.41. The SMILES string of the molecule is CN(C1CCS(=O)(=O)C1)C(CN)c1c(F)cccc1F. The molecule has 0 saturated carbocycles. The molecule has 2 unspecified atom stereocenters. The summed E-state index contributed by atoms with van der Waals surface area (Å²) in [5, 5.41) is 0. The lowest BCUT2D eigenvalue weighted by Crippen LogP contribution is -2.40. The third kappa shape index (κ3) is 2.99. The Hall–Kier alpha value is -1.05. The first-order valence-electron chi connectivity index (χ1n) is 6.42. The molecule has 1 aliphatic rings. The first-order valence-corrected chi connectivity index (χ1v) is 8.24. The standard InChI is InChI=1S/C13H18F2N2O2S/c1-17(9-5-6-20(18,19)8-9)12(7-16)13-10(14)3-2-4-11(13)15/h2-4,9,12H,5-8,16H2,1H3. The normalized spacial score (nSPS) is 23.1. The van der Waals surface area contributed by atoms with Crippen molar-refractivity contribution < 1.29 is 17.2 Å². The number of halogens is 2. The van der Waals surface area contributed by atoms with E-state index in [2.05, 4.69) is 0 Å². The van der Waals surface area contributed by atoms with Crippen molar-refractivity contribution in [3.8, 4) is 0 Å². The zero-order valence-electron chi connectivity index (χ0n) is 11.2. The molecule has 0 spiro atoms. The van der Waals surface area contributed by atoms with E-state index in [4.69, 9.17) is 5.73 Å². The van der Waals surface area contributed by atoms with Crippen LogP contribution in [0.4, 0.5) is 8.78 Å². The summed E-state index contributed by atoms with van der Waals surface area (Å²) in [4.78, 5) is 1.67. The molecule has 1 fully saturated rings. The maximum Gasteiger partial charge on any atom is 0.151 e. The molecule has 0 radical (unpaired) electrons. The number of rotatable bonds is 4. The monoisotopic (exact) mass is 304 g/mol. The lowest BCUT2D eigenvalue weighted by Gasteiger charge is -2.32. The Morgan fingerprint density at radius 1 is 1.40 bits per heavy atom. The summed E-state index contributed by atoms with van der Waals surface area (Å²) in [5.41, 5.74) is 5.56. The molecule has 0 amide bonds. The van der Waals surface area contributed by atoms with Crippen molar-refractivity contribution >= 4 is 9.84 Å². The molecule has 0 aromatic heterocycles. The third-order valence-electron chi connectivity index (χ3n) is 3.83. The smallest absolute Gasteiger partial charge is 0.151 e. The van der Waals surface area contributed by atoms with Gasteiger partial charge in [-0.05, 0) is 25.6 Å². The van der Waals surface area contributed by atoms with Crippen molar-refractivity contribution in [3.05, 3.63) is 35.4 Å². The van der Waals surface area contributed by atoms with Gasteiger partial charge in [0.25, 0.3) is 0 Å². The Balaban J connectivity index is 2.29. The number of hydrogen-bond donors (Lipinski definition) is 1. The van der Waals surface area contributed by atoms with Crippen LogP contribution in [0.15, 0.2) is 18.2 Å². The fraction of sp³-hybridized carbons (Fsp3) is 0.538. The quantitative estimate of drug-likeness (QED) is 0.904. The average Bonchev–Trinajstić information content (AvgIpc) is 2.74. The highest BCUT2D eigenvalue weighted by Gasteiger charge is 2.35. The minimum atomic E-state index is -3.05. The van der Waals surface area contributed by atoms with Gasteiger partial charge < -0.3 is 5.73 Å². The molecule has 1 saturated heterocycles. The van der Waals surface area contributed by atoms with Crippen LogP contribution in [0, 0.1) is 11.6 Å². The van der Waals surface area contributed by atoms with Gasteiger partial charge in [-0.3, -0.25) is 4.90 Å². The predicted octanol–water partition coefficient (Wildman–Crippen LogP) is 1.08. The summed E-state index contributed by atoms with van der Waals surface area (Å²) in [6.45, 7) is 0.0188. The second-order valence-corrected chi connectivity index (χ2v) is 7.34. The molecular formula is C13H18F2N2O2S. The van der Waals surface area contributed by atoms with E-state index in [0.717, 1.165) is 0 Å². The first-order chi connectivity index (χ1) is 9.35. The molecule has 0 aliphatic carbocycles. The van der Waals surface area contributed by atoms with Gasteiger partial charge in [0.05, 0.1) is 17.5 Å². The summed E-state index contributed by atoms with van der Waals surface area (Å²) < 4.78 is 50.7. The fourth-order valence-corrected chi connectivity index (χ4v) is 4.45. The molecule has 2 N–H and O–H groups in total. The first kappa shape index (κ1) is 15.3. The van der Waals surface area contributed by atoms with Crippen LogP contribution in [0.25, 0.3) is 0 Å². The van der Waals surface area contributed by atoms with Gasteiger partial charge in [0.2, 0.25) is 0 Å². The van der Waals surface area contributed by atoms with Gasteiger partial charge in [-0.1, -0.05) is 6.07 Å². The summed E-state index contributed by atoms with van der Waals surface area (Å²) in [5.74, 6) is -1.20. The van der Waals surface area contributed by atoms with E-state index in [1.165, 1.54) is 18.2 Å². The highest BCUT2D eigenvalue weighted by atomic mass is 32.2. The van der Waals surface area contributed by atoms with E-state index >= 15 is 0 Å². The molecule has 112 valence electrons. The van der Waals surface area contributed by atoms with Gasteiger partial charge in [0, 0.05) is 18.2 Å². The molecule has 20 heavy (non-hydrogen) atoms. The van der Waals surface area contributed by atoms with Crippen molar-refractivity contribution in [2.45, 2.75) is 18.5 Å². The van der Waals surface area contributed by atoms with Gasteiger partial charge in [-0.15, -0.1) is 0 Å². The summed E-state index contributed by atoms with van der Waals surface area (Å²) >= 11 is 0. The second-order valence-electron chi connectivity index (χ2n) is 5.11. The number of hydrogen-bond acceptors (Lipinski definition) is 4. The lowest BCUT2D eigenvalue weighted by molar-refractivity contribution is 0.185. The van der Waals surface area contributed by atoms with Crippen LogP contribution >= 0.6 is 0 Å². The number of likely N-dealkylation sites (N-methyl/N-ethyl adjacent to an activating group) is 1. The molecule has 1 aliphatic heterocycles. The fourth-order valence-electron chi connectivity index (χ4n) is 2.67. The number of sulfone groups is 1. The van der Waals surface area contributed by atoms with Gasteiger partial charge in [-0.2, -0.15) is 0 Å². The lowest BCUT2D eigenvalue weighted by atomic mass is 10.0. The Morgan fingerprint density at radius 3 is 2.45 bits per heavy atom. The van der Waals surface area contributed by atoms with Crippen LogP contribution in [0.5, 0.6) is 0 Å². The number of nitrogens with zero attached hydrogens (tertiary/aromatic N) is 1. The van der Waals surface area contributed by atoms with Gasteiger partial charge in [0.15, 0.2) is 9.84 Å². The Bertz CT molecular complexity index is 572. The molecule has 2 atom stereocenters. The number of nitrogens with two attached hydrogens (primary N) is 1. The molecule has 0 bridgehead atoms. The molecule has 1 aromatic carbocycles. The predicted molar refractivity (Wildman–Crippen MR) is 73.0 cm³/mol. The third-order valence-corrected chi connectivity index (χ3v) is 5.58. The van der Waals surface area contributed by atoms with Gasteiger partial charge in [-0.25, -0.2) is 17.2 Å². The van der Waals surface area contributed by atoms with Crippen molar-refractivity contribution in [2.24, 2.45) is 5.73 Å².